The van der Waals surface area contributed by atoms with Gasteiger partial charge in [0.05, 0.1) is 6.54 Å². The van der Waals surface area contributed by atoms with Gasteiger partial charge in [-0.25, -0.2) is 0 Å². The Bertz CT molecular complexity index is 341. The smallest absolute Gasteiger partial charge is 0.229 e. The Morgan fingerprint density at radius 1 is 1.11 bits per heavy atom. The zero-order valence-corrected chi connectivity index (χ0v) is 11.1. The van der Waals surface area contributed by atoms with Crippen LogP contribution in [0.2, 0.25) is 0 Å². The Kier molecular flexibility index (Phi) is 3.52. The van der Waals surface area contributed by atoms with Crippen molar-refractivity contribution in [2.75, 3.05) is 26.2 Å². The van der Waals surface area contributed by atoms with Crippen LogP contribution in [-0.2, 0) is 4.79 Å². The van der Waals surface area contributed by atoms with E-state index in [-0.39, 0.29) is 0 Å². The van der Waals surface area contributed by atoms with Gasteiger partial charge in [0, 0.05) is 26.1 Å². The Morgan fingerprint density at radius 2 is 1.83 bits per heavy atom. The Balaban J connectivity index is 1.60. The lowest BCUT2D eigenvalue weighted by atomic mass is 10.0. The molecular formula is C14H23N3O. The van der Waals surface area contributed by atoms with Crippen LogP contribution in [0.3, 0.4) is 0 Å². The number of nitrogens with zero attached hydrogens (tertiary/aromatic N) is 3. The fourth-order valence-corrected chi connectivity index (χ4v) is 3.43. The van der Waals surface area contributed by atoms with E-state index in [9.17, 15) is 4.79 Å². The third-order valence-corrected chi connectivity index (χ3v) is 4.45. The van der Waals surface area contributed by atoms with E-state index in [2.05, 4.69) is 9.89 Å². The number of guanidine groups is 1. The van der Waals surface area contributed by atoms with E-state index in [0.29, 0.717) is 11.8 Å². The zero-order chi connectivity index (χ0) is 12.4. The van der Waals surface area contributed by atoms with Gasteiger partial charge in [-0.1, -0.05) is 12.8 Å². The van der Waals surface area contributed by atoms with Crippen LogP contribution >= 0.6 is 0 Å². The molecule has 4 nitrogen and oxygen atoms in total. The second-order valence-corrected chi connectivity index (χ2v) is 5.78. The molecule has 2 aliphatic heterocycles. The molecular weight excluding hydrogens is 226 g/mol. The molecule has 0 atom stereocenters. The summed E-state index contributed by atoms with van der Waals surface area (Å²) in [6.07, 6.45) is 8.34. The van der Waals surface area contributed by atoms with Gasteiger partial charge in [0.25, 0.3) is 0 Å². The fourth-order valence-electron chi connectivity index (χ4n) is 3.43. The summed E-state index contributed by atoms with van der Waals surface area (Å²) in [7, 11) is 0. The number of carbonyl (C=O) groups excluding carboxylic acids is 1. The monoisotopic (exact) mass is 249 g/mol. The fraction of sp³-hybridized carbons (Fsp3) is 0.857. The number of aliphatic imine (C=N–C) groups is 1. The van der Waals surface area contributed by atoms with Crippen LogP contribution in [0.1, 0.15) is 44.9 Å². The van der Waals surface area contributed by atoms with Crippen LogP contribution in [0.5, 0.6) is 0 Å². The van der Waals surface area contributed by atoms with Gasteiger partial charge in [-0.05, 0) is 31.6 Å². The number of rotatable bonds is 2. The first-order valence-corrected chi connectivity index (χ1v) is 7.44. The number of carbonyl (C=O) groups is 1. The summed E-state index contributed by atoms with van der Waals surface area (Å²) in [4.78, 5) is 21.2. The lowest BCUT2D eigenvalue weighted by Gasteiger charge is -2.26. The lowest BCUT2D eigenvalue weighted by molar-refractivity contribution is -0.128. The first-order chi connectivity index (χ1) is 8.84. The van der Waals surface area contributed by atoms with E-state index < -0.39 is 0 Å². The molecule has 1 amide bonds. The van der Waals surface area contributed by atoms with Crippen LogP contribution in [0.4, 0.5) is 0 Å². The largest absolute Gasteiger partial charge is 0.342 e. The molecule has 0 spiro atoms. The van der Waals surface area contributed by atoms with E-state index in [1.54, 1.807) is 0 Å². The molecule has 0 radical (unpaired) electrons. The summed E-state index contributed by atoms with van der Waals surface area (Å²) in [6.45, 7) is 3.75. The maximum Gasteiger partial charge on any atom is 0.229 e. The Morgan fingerprint density at radius 3 is 2.56 bits per heavy atom. The minimum absolute atomic E-state index is 0.310. The SMILES string of the molecule is O=C(CC1CCCC1)N1CCN=C1N1CCCC1. The van der Waals surface area contributed by atoms with Crippen LogP contribution in [0.25, 0.3) is 0 Å². The molecule has 0 unspecified atom stereocenters. The summed E-state index contributed by atoms with van der Waals surface area (Å²) in [6, 6.07) is 0. The average molecular weight is 249 g/mol. The summed E-state index contributed by atoms with van der Waals surface area (Å²) < 4.78 is 0. The molecule has 100 valence electrons. The maximum absolute atomic E-state index is 12.4. The van der Waals surface area contributed by atoms with Gasteiger partial charge in [0.1, 0.15) is 0 Å². The predicted molar refractivity (Wildman–Crippen MR) is 71.4 cm³/mol. The van der Waals surface area contributed by atoms with Crippen LogP contribution in [0, 0.1) is 5.92 Å². The Hall–Kier alpha value is -1.06. The molecule has 2 heterocycles. The number of likely N-dealkylation sites (tertiary alicyclic amines) is 1. The van der Waals surface area contributed by atoms with Gasteiger partial charge in [0.2, 0.25) is 11.9 Å². The molecule has 0 aromatic rings. The third kappa shape index (κ3) is 2.38. The summed E-state index contributed by atoms with van der Waals surface area (Å²) in [5.41, 5.74) is 0. The molecule has 0 aromatic carbocycles. The van der Waals surface area contributed by atoms with Crippen molar-refractivity contribution in [2.24, 2.45) is 10.9 Å². The van der Waals surface area contributed by atoms with Crippen molar-refractivity contribution < 1.29 is 4.79 Å². The van der Waals surface area contributed by atoms with Gasteiger partial charge in [-0.3, -0.25) is 14.7 Å². The van der Waals surface area contributed by atoms with Crippen LogP contribution in [-0.4, -0.2) is 47.8 Å². The van der Waals surface area contributed by atoms with E-state index in [0.717, 1.165) is 38.6 Å². The number of amides is 1. The second kappa shape index (κ2) is 5.29. The summed E-state index contributed by atoms with van der Waals surface area (Å²) >= 11 is 0. The second-order valence-electron chi connectivity index (χ2n) is 5.78. The minimum Gasteiger partial charge on any atom is -0.342 e. The molecule has 0 N–H and O–H groups in total. The minimum atomic E-state index is 0.310. The topological polar surface area (TPSA) is 35.9 Å². The van der Waals surface area contributed by atoms with Crippen molar-refractivity contribution in [3.8, 4) is 0 Å². The van der Waals surface area contributed by atoms with Crippen molar-refractivity contribution in [2.45, 2.75) is 44.9 Å². The molecule has 3 aliphatic rings. The maximum atomic E-state index is 12.4. The Labute approximate surface area is 109 Å². The molecule has 18 heavy (non-hydrogen) atoms. The van der Waals surface area contributed by atoms with Gasteiger partial charge in [-0.15, -0.1) is 0 Å². The normalized spacial score (nSPS) is 25.0. The predicted octanol–water partition coefficient (Wildman–Crippen LogP) is 1.86. The first-order valence-electron chi connectivity index (χ1n) is 7.44. The highest BCUT2D eigenvalue weighted by atomic mass is 16.2. The lowest BCUT2D eigenvalue weighted by Crippen LogP contribution is -2.44. The summed E-state index contributed by atoms with van der Waals surface area (Å²) in [5, 5.41) is 0. The van der Waals surface area contributed by atoms with Crippen LogP contribution < -0.4 is 0 Å². The van der Waals surface area contributed by atoms with Gasteiger partial charge in [-0.2, -0.15) is 0 Å². The molecule has 4 heteroatoms. The molecule has 1 saturated carbocycles. The van der Waals surface area contributed by atoms with Crippen LogP contribution in [0.15, 0.2) is 4.99 Å². The van der Waals surface area contributed by atoms with Crippen molar-refractivity contribution in [3.63, 3.8) is 0 Å². The highest BCUT2D eigenvalue weighted by Crippen LogP contribution is 2.28. The van der Waals surface area contributed by atoms with Gasteiger partial charge in [0.15, 0.2) is 0 Å². The van der Waals surface area contributed by atoms with E-state index in [1.165, 1.54) is 38.5 Å². The quantitative estimate of drug-likeness (QED) is 0.749. The average Bonchev–Trinajstić information content (AvgIpc) is 3.11. The van der Waals surface area contributed by atoms with Crippen molar-refractivity contribution in [3.05, 3.63) is 0 Å². The van der Waals surface area contributed by atoms with E-state index in [1.807, 2.05) is 4.90 Å². The highest BCUT2D eigenvalue weighted by Gasteiger charge is 2.31. The van der Waals surface area contributed by atoms with Crippen molar-refractivity contribution >= 4 is 11.9 Å². The number of hydrogen-bond donors (Lipinski definition) is 0. The van der Waals surface area contributed by atoms with E-state index in [4.69, 9.17) is 0 Å². The van der Waals surface area contributed by atoms with E-state index >= 15 is 0 Å². The molecule has 3 rings (SSSR count). The molecule has 1 aliphatic carbocycles. The standard InChI is InChI=1S/C14H23N3O/c18-13(11-12-5-1-2-6-12)17-10-7-15-14(17)16-8-3-4-9-16/h12H,1-11H2. The third-order valence-electron chi connectivity index (χ3n) is 4.45. The molecule has 2 fully saturated rings. The highest BCUT2D eigenvalue weighted by molar-refractivity contribution is 5.98. The van der Waals surface area contributed by atoms with Crippen molar-refractivity contribution in [1.29, 1.82) is 0 Å². The van der Waals surface area contributed by atoms with Gasteiger partial charge < -0.3 is 4.90 Å². The zero-order valence-electron chi connectivity index (χ0n) is 11.1. The van der Waals surface area contributed by atoms with Gasteiger partial charge >= 0.3 is 0 Å². The first kappa shape index (κ1) is 12.0. The molecule has 1 saturated heterocycles. The molecule has 0 aromatic heterocycles. The number of hydrogen-bond acceptors (Lipinski definition) is 3. The molecule has 0 bridgehead atoms. The summed E-state index contributed by atoms with van der Waals surface area (Å²) in [5.74, 6) is 1.92. The van der Waals surface area contributed by atoms with Crippen molar-refractivity contribution in [1.82, 2.24) is 9.80 Å².